The second-order valence-electron chi connectivity index (χ2n) is 4.00. The summed E-state index contributed by atoms with van der Waals surface area (Å²) in [6.07, 6.45) is 1.66. The van der Waals surface area contributed by atoms with Gasteiger partial charge in [0.2, 0.25) is 0 Å². The molecule has 3 aromatic rings. The fourth-order valence-corrected chi connectivity index (χ4v) is 2.67. The van der Waals surface area contributed by atoms with Gasteiger partial charge in [-0.05, 0) is 18.2 Å². The van der Waals surface area contributed by atoms with Crippen LogP contribution in [0.3, 0.4) is 0 Å². The minimum absolute atomic E-state index is 0.0923. The molecule has 102 valence electrons. The normalized spacial score (nSPS) is 10.9. The quantitative estimate of drug-likeness (QED) is 0.746. The van der Waals surface area contributed by atoms with E-state index in [1.165, 1.54) is 40.0 Å². The van der Waals surface area contributed by atoms with Crippen molar-refractivity contribution in [2.45, 2.75) is 6.61 Å². The molecule has 0 N–H and O–H groups in total. The Kier molecular flexibility index (Phi) is 3.42. The molecule has 20 heavy (non-hydrogen) atoms. The predicted octanol–water partition coefficient (Wildman–Crippen LogP) is 3.13. The van der Waals surface area contributed by atoms with Crippen LogP contribution in [0.4, 0.5) is 4.39 Å². The smallest absolute Gasteiger partial charge is 0.258 e. The van der Waals surface area contributed by atoms with Gasteiger partial charge in [-0.3, -0.25) is 9.20 Å². The van der Waals surface area contributed by atoms with Crippen molar-refractivity contribution in [1.82, 2.24) is 9.38 Å². The molecule has 0 aliphatic carbocycles. The maximum absolute atomic E-state index is 12.9. The van der Waals surface area contributed by atoms with Crippen LogP contribution in [0.15, 0.2) is 40.6 Å². The third-order valence-corrected chi connectivity index (χ3v) is 3.68. The highest BCUT2D eigenvalue weighted by molar-refractivity contribution is 7.15. The summed E-state index contributed by atoms with van der Waals surface area (Å²) in [5.41, 5.74) is 0.331. The van der Waals surface area contributed by atoms with Gasteiger partial charge in [-0.25, -0.2) is 9.37 Å². The molecule has 0 unspecified atom stereocenters. The van der Waals surface area contributed by atoms with Gasteiger partial charge in [0.1, 0.15) is 18.2 Å². The highest BCUT2D eigenvalue weighted by Crippen LogP contribution is 2.25. The van der Waals surface area contributed by atoms with Crippen LogP contribution in [0.25, 0.3) is 4.96 Å². The van der Waals surface area contributed by atoms with Gasteiger partial charge >= 0.3 is 0 Å². The van der Waals surface area contributed by atoms with E-state index < -0.39 is 5.82 Å². The Balaban J connectivity index is 1.84. The zero-order chi connectivity index (χ0) is 14.1. The standard InChI is InChI=1S/C13H8ClFN2O2S/c14-10-5-8(15)1-2-11(10)19-7-9-6-12(18)17-3-4-20-13(17)16-9/h1-6H,7H2. The van der Waals surface area contributed by atoms with Crippen LogP contribution < -0.4 is 10.3 Å². The van der Waals surface area contributed by atoms with Crippen LogP contribution in [0.1, 0.15) is 5.69 Å². The first-order valence-corrected chi connectivity index (χ1v) is 6.93. The van der Waals surface area contributed by atoms with Crippen molar-refractivity contribution in [3.8, 4) is 5.75 Å². The Morgan fingerprint density at radius 3 is 3.05 bits per heavy atom. The monoisotopic (exact) mass is 310 g/mol. The molecule has 0 saturated carbocycles. The van der Waals surface area contributed by atoms with Gasteiger partial charge in [-0.2, -0.15) is 0 Å². The second-order valence-corrected chi connectivity index (χ2v) is 5.28. The predicted molar refractivity (Wildman–Crippen MR) is 75.1 cm³/mol. The van der Waals surface area contributed by atoms with E-state index in [9.17, 15) is 9.18 Å². The third kappa shape index (κ3) is 2.52. The third-order valence-electron chi connectivity index (χ3n) is 2.63. The Labute approximate surface area is 122 Å². The van der Waals surface area contributed by atoms with E-state index >= 15 is 0 Å². The molecular formula is C13H8ClFN2O2S. The zero-order valence-electron chi connectivity index (χ0n) is 10.0. The maximum Gasteiger partial charge on any atom is 0.258 e. The van der Waals surface area contributed by atoms with Gasteiger partial charge in [0.15, 0.2) is 4.96 Å². The van der Waals surface area contributed by atoms with E-state index in [4.69, 9.17) is 16.3 Å². The lowest BCUT2D eigenvalue weighted by Gasteiger charge is -2.07. The molecule has 4 nitrogen and oxygen atoms in total. The summed E-state index contributed by atoms with van der Waals surface area (Å²) in [7, 11) is 0. The zero-order valence-corrected chi connectivity index (χ0v) is 11.6. The first-order valence-electron chi connectivity index (χ1n) is 5.67. The summed E-state index contributed by atoms with van der Waals surface area (Å²) in [5.74, 6) is -0.0834. The molecule has 0 atom stereocenters. The number of fused-ring (bicyclic) bond motifs is 1. The number of hydrogen-bond acceptors (Lipinski definition) is 4. The maximum atomic E-state index is 12.9. The first-order chi connectivity index (χ1) is 9.63. The number of ether oxygens (including phenoxy) is 1. The van der Waals surface area contributed by atoms with Crippen molar-refractivity contribution in [1.29, 1.82) is 0 Å². The highest BCUT2D eigenvalue weighted by atomic mass is 35.5. The van der Waals surface area contributed by atoms with Crippen molar-refractivity contribution >= 4 is 27.9 Å². The number of aromatic nitrogens is 2. The van der Waals surface area contributed by atoms with Crippen molar-refractivity contribution in [2.75, 3.05) is 0 Å². The lowest BCUT2D eigenvalue weighted by atomic mass is 10.3. The number of benzene rings is 1. The topological polar surface area (TPSA) is 43.6 Å². The average Bonchev–Trinajstić information content (AvgIpc) is 2.86. The van der Waals surface area contributed by atoms with Crippen molar-refractivity contribution < 1.29 is 9.13 Å². The fourth-order valence-electron chi connectivity index (χ4n) is 1.71. The summed E-state index contributed by atoms with van der Waals surface area (Å²) in [5, 5.41) is 1.96. The average molecular weight is 311 g/mol. The molecule has 0 bridgehead atoms. The van der Waals surface area contributed by atoms with Crippen molar-refractivity contribution in [3.05, 3.63) is 62.7 Å². The van der Waals surface area contributed by atoms with Crippen LogP contribution in [0.2, 0.25) is 5.02 Å². The van der Waals surface area contributed by atoms with Crippen LogP contribution >= 0.6 is 22.9 Å². The van der Waals surface area contributed by atoms with Gasteiger partial charge in [0.25, 0.3) is 5.56 Å². The number of hydrogen-bond donors (Lipinski definition) is 0. The summed E-state index contributed by atoms with van der Waals surface area (Å²) in [4.78, 5) is 16.7. The summed E-state index contributed by atoms with van der Waals surface area (Å²) in [6.45, 7) is 0.0923. The van der Waals surface area contributed by atoms with Gasteiger partial charge in [0, 0.05) is 17.6 Å². The van der Waals surface area contributed by atoms with Gasteiger partial charge in [-0.1, -0.05) is 11.6 Å². The van der Waals surface area contributed by atoms with Crippen molar-refractivity contribution in [2.24, 2.45) is 0 Å². The molecule has 0 saturated heterocycles. The first kappa shape index (κ1) is 13.1. The minimum Gasteiger partial charge on any atom is -0.486 e. The molecule has 1 aromatic carbocycles. The van der Waals surface area contributed by atoms with E-state index in [-0.39, 0.29) is 17.2 Å². The molecule has 0 spiro atoms. The summed E-state index contributed by atoms with van der Waals surface area (Å²) in [6, 6.07) is 5.26. The minimum atomic E-state index is -0.432. The SMILES string of the molecule is O=c1cc(COc2ccc(F)cc2Cl)nc2sccn12. The fraction of sp³-hybridized carbons (Fsp3) is 0.0769. The largest absolute Gasteiger partial charge is 0.486 e. The summed E-state index contributed by atoms with van der Waals surface area (Å²) >= 11 is 7.22. The van der Waals surface area contributed by atoms with E-state index in [2.05, 4.69) is 4.98 Å². The molecule has 0 amide bonds. The van der Waals surface area contributed by atoms with E-state index in [0.717, 1.165) is 0 Å². The number of nitrogens with zero attached hydrogens (tertiary/aromatic N) is 2. The number of rotatable bonds is 3. The molecule has 0 radical (unpaired) electrons. The van der Waals surface area contributed by atoms with E-state index in [0.29, 0.717) is 16.4 Å². The Morgan fingerprint density at radius 2 is 2.25 bits per heavy atom. The molecule has 3 rings (SSSR count). The number of halogens is 2. The molecule has 0 fully saturated rings. The molecule has 0 aliphatic heterocycles. The van der Waals surface area contributed by atoms with Crippen LogP contribution in [-0.2, 0) is 6.61 Å². The molecule has 7 heteroatoms. The number of thiazole rings is 1. The van der Waals surface area contributed by atoms with E-state index in [1.807, 2.05) is 0 Å². The molecule has 0 aliphatic rings. The molecular weight excluding hydrogens is 303 g/mol. The van der Waals surface area contributed by atoms with Crippen LogP contribution in [-0.4, -0.2) is 9.38 Å². The van der Waals surface area contributed by atoms with Crippen LogP contribution in [0.5, 0.6) is 5.75 Å². The lowest BCUT2D eigenvalue weighted by molar-refractivity contribution is 0.301. The Morgan fingerprint density at radius 1 is 1.40 bits per heavy atom. The highest BCUT2D eigenvalue weighted by Gasteiger charge is 2.07. The van der Waals surface area contributed by atoms with Crippen LogP contribution in [0, 0.1) is 5.82 Å². The van der Waals surface area contributed by atoms with Gasteiger partial charge in [-0.15, -0.1) is 11.3 Å². The van der Waals surface area contributed by atoms with Crippen molar-refractivity contribution in [3.63, 3.8) is 0 Å². The van der Waals surface area contributed by atoms with Gasteiger partial charge in [0.05, 0.1) is 10.7 Å². The molecule has 2 heterocycles. The van der Waals surface area contributed by atoms with E-state index in [1.54, 1.807) is 11.6 Å². The lowest BCUT2D eigenvalue weighted by Crippen LogP contribution is -2.14. The Hall–Kier alpha value is -1.92. The molecule has 2 aromatic heterocycles. The second kappa shape index (κ2) is 5.22. The summed E-state index contributed by atoms with van der Waals surface area (Å²) < 4.78 is 19.8. The Bertz CT molecular complexity index is 831. The van der Waals surface area contributed by atoms with Gasteiger partial charge < -0.3 is 4.74 Å².